The molecule has 0 radical (unpaired) electrons. The molecule has 0 fully saturated rings. The lowest BCUT2D eigenvalue weighted by molar-refractivity contribution is -0.141. The molecule has 620 valence electrons. The molecule has 0 unspecified atom stereocenters. The molecule has 0 aromatic heterocycles. The molecular weight excluding hydrogens is 1310 g/mol. The minimum absolute atomic E-state index is 0.0212. The molecular formula is C96H179B3O8. The van der Waals surface area contributed by atoms with Crippen LogP contribution in [-0.4, -0.2) is 49.7 Å². The van der Waals surface area contributed by atoms with E-state index < -0.39 is 13.1 Å². The van der Waals surface area contributed by atoms with E-state index in [4.69, 9.17) is 19.1 Å². The highest BCUT2D eigenvalue weighted by Gasteiger charge is 2.27. The Hall–Kier alpha value is -4.01. The minimum atomic E-state index is -0.735. The molecule has 0 aliphatic rings. The first-order chi connectivity index (χ1) is 52.5. The third-order valence-corrected chi connectivity index (χ3v) is 19.6. The highest BCUT2D eigenvalue weighted by molar-refractivity contribution is 6.58. The normalized spacial score (nSPS) is 11.6. The number of carbonyl (C=O) groups is 4. The van der Waals surface area contributed by atoms with Crippen LogP contribution in [0.25, 0.3) is 0 Å². The van der Waals surface area contributed by atoms with Crippen LogP contribution in [0.1, 0.15) is 454 Å². The van der Waals surface area contributed by atoms with E-state index in [1.54, 1.807) is 0 Å². The molecule has 1 N–H and O–H groups in total. The van der Waals surface area contributed by atoms with Crippen LogP contribution in [0.3, 0.4) is 0 Å². The third kappa shape index (κ3) is 102. The van der Waals surface area contributed by atoms with Gasteiger partial charge in [-0.25, -0.2) is 0 Å². The van der Waals surface area contributed by atoms with E-state index >= 15 is 0 Å². The summed E-state index contributed by atoms with van der Waals surface area (Å²) in [6.45, 7) is 23.5. The highest BCUT2D eigenvalue weighted by atomic mass is 16.6. The van der Waals surface area contributed by atoms with E-state index in [-0.39, 0.29) is 24.8 Å². The number of carboxylic acid groups (broad SMARTS) is 1. The Kier molecular flexibility index (Phi) is 102. The largest absolute Gasteiger partial charge is 0.598 e. The summed E-state index contributed by atoms with van der Waals surface area (Å²) in [6.07, 6.45) is 112. The maximum absolute atomic E-state index is 12.4. The summed E-state index contributed by atoms with van der Waals surface area (Å²) in [5, 5.41) is 8.50. The smallest absolute Gasteiger partial charge is 0.536 e. The van der Waals surface area contributed by atoms with Crippen LogP contribution in [0.5, 0.6) is 0 Å². The number of carboxylic acids is 1. The molecule has 0 amide bonds. The van der Waals surface area contributed by atoms with E-state index in [1.165, 1.54) is 244 Å². The van der Waals surface area contributed by atoms with Gasteiger partial charge in [0.1, 0.15) is 6.71 Å². The van der Waals surface area contributed by atoms with Gasteiger partial charge in [0.25, 0.3) is 17.9 Å². The molecule has 0 aromatic carbocycles. The summed E-state index contributed by atoms with van der Waals surface area (Å²) in [5.74, 6) is -1.14. The van der Waals surface area contributed by atoms with Crippen molar-refractivity contribution in [1.29, 1.82) is 0 Å². The molecule has 0 aliphatic carbocycles. The summed E-state index contributed by atoms with van der Waals surface area (Å²) < 4.78 is 16.8. The van der Waals surface area contributed by atoms with Gasteiger partial charge in [-0.05, 0) is 167 Å². The zero-order valence-corrected chi connectivity index (χ0v) is 72.9. The second kappa shape index (κ2) is 100. The van der Waals surface area contributed by atoms with E-state index in [2.05, 4.69) is 166 Å². The summed E-state index contributed by atoms with van der Waals surface area (Å²) in [7, 11) is -0.735. The van der Waals surface area contributed by atoms with Crippen LogP contribution in [0.2, 0.25) is 37.9 Å². The molecule has 0 aliphatic heterocycles. The Labute approximate surface area is 668 Å². The quantitative estimate of drug-likeness (QED) is 0.0364. The zero-order valence-electron chi connectivity index (χ0n) is 72.9. The van der Waals surface area contributed by atoms with E-state index in [1.807, 2.05) is 0 Å². The number of hydrogen-bond acceptors (Lipinski definition) is 7. The lowest BCUT2D eigenvalue weighted by atomic mass is 9.41. The van der Waals surface area contributed by atoms with Gasteiger partial charge in [0.2, 0.25) is 0 Å². The Bertz CT molecular complexity index is 1960. The maximum atomic E-state index is 12.4. The number of aliphatic carboxylic acids is 1. The number of allylic oxidation sites excluding steroid dienone is 16. The third-order valence-electron chi connectivity index (χ3n) is 19.6. The molecule has 0 saturated carbocycles. The van der Waals surface area contributed by atoms with Gasteiger partial charge >= 0.3 is 20.0 Å². The van der Waals surface area contributed by atoms with Crippen molar-refractivity contribution < 1.29 is 38.2 Å². The molecule has 0 saturated heterocycles. The fraction of sp³-hybridized carbons (Fsp3) is 0.792. The first kappa shape index (κ1) is 109. The fourth-order valence-corrected chi connectivity index (χ4v) is 12.5. The molecule has 0 heterocycles. The van der Waals surface area contributed by atoms with Crippen LogP contribution < -0.4 is 0 Å². The number of rotatable bonds is 77. The molecule has 8 nitrogen and oxygen atoms in total. The molecule has 107 heavy (non-hydrogen) atoms. The Morgan fingerprint density at radius 3 is 0.682 bits per heavy atom. The predicted molar refractivity (Wildman–Crippen MR) is 479 cm³/mol. The van der Waals surface area contributed by atoms with Gasteiger partial charge in [-0.3, -0.25) is 19.2 Å². The SMILES string of the molecule is CCCCB(CCCC)CCCC.CCCCC/C=C\C/C=C\CCCCCCCC(=O)O.CCCCC/C=C\C/C=C\CCCCCCCC(=O)OB(CCCC)CCCC.CCCCC/C=C\C/C=C\CCCCCCCC(=O)OB(CCCC)OC(=O)CCCCCCC/C=C\C/C=C\CCCCC. The summed E-state index contributed by atoms with van der Waals surface area (Å²) in [4.78, 5) is 47.2. The molecule has 0 bridgehead atoms. The average Bonchev–Trinajstić information content (AvgIpc) is 1.25. The first-order valence-electron chi connectivity index (χ1n) is 46.5. The topological polar surface area (TPSA) is 116 Å². The van der Waals surface area contributed by atoms with E-state index in [0.717, 1.165) is 154 Å². The second-order valence-electron chi connectivity index (χ2n) is 30.6. The monoisotopic (exact) mass is 1490 g/mol. The Balaban J connectivity index is -0.000000729. The van der Waals surface area contributed by atoms with Crippen LogP contribution >= 0.6 is 0 Å². The van der Waals surface area contributed by atoms with E-state index in [9.17, 15) is 19.2 Å². The Morgan fingerprint density at radius 1 is 0.224 bits per heavy atom. The van der Waals surface area contributed by atoms with Crippen molar-refractivity contribution in [2.75, 3.05) is 0 Å². The van der Waals surface area contributed by atoms with Crippen molar-refractivity contribution in [3.63, 3.8) is 0 Å². The van der Waals surface area contributed by atoms with Crippen molar-refractivity contribution in [2.45, 2.75) is 492 Å². The minimum Gasteiger partial charge on any atom is -0.536 e. The van der Waals surface area contributed by atoms with Gasteiger partial charge in [-0.15, -0.1) is 0 Å². The lowest BCUT2D eigenvalue weighted by Gasteiger charge is -2.14. The maximum Gasteiger partial charge on any atom is 0.598 e. The highest BCUT2D eigenvalue weighted by Crippen LogP contribution is 2.19. The number of carbonyl (C=O) groups excluding carboxylic acids is 3. The molecule has 0 atom stereocenters. The van der Waals surface area contributed by atoms with Crippen LogP contribution in [0.4, 0.5) is 0 Å². The van der Waals surface area contributed by atoms with Crippen molar-refractivity contribution in [2.24, 2.45) is 0 Å². The zero-order chi connectivity index (χ0) is 79.1. The van der Waals surface area contributed by atoms with Gasteiger partial charge in [0.05, 0.1) is 0 Å². The van der Waals surface area contributed by atoms with E-state index in [0.29, 0.717) is 32.0 Å². The standard InChI is InChI=1S/C40H71BO4.C26H49BO2.C18H32O2.C12H27B/c1-4-7-10-12-14-16-18-20-22-24-26-28-30-32-34-36-39(42)44-41(38-9-6-3)45-40(43)37-35-33-31-29-27-25-23-21-19-17-15-13-11-8-5-2;1-4-7-10-11-12-13-14-15-16-17-18-19-20-21-22-23-26(28)29-27(24-8-5-2)25-9-6-3;1-2-3-4-5-6-7-8-9-10-11-12-13-14-15-16-17-18(19)20;1-4-7-10-13(11-8-5-2)12-9-6-3/h14-17,20-23H,4-13,18-19,24-38H2,1-3H3;12-13,15-16H,4-11,14,17-25H2,1-3H3;6-7,9-10H,2-5,8,11-17H2,1H3,(H,19,20);4-12H2,1-3H3/b16-14-,17-15-,22-20-,23-21-;13-12-,16-15-;7-6-,10-9-;. The summed E-state index contributed by atoms with van der Waals surface area (Å²) >= 11 is 0. The van der Waals surface area contributed by atoms with Gasteiger partial charge < -0.3 is 19.1 Å². The van der Waals surface area contributed by atoms with Gasteiger partial charge in [0, 0.05) is 32.0 Å². The number of unbranched alkanes of at least 4 members (excludes halogenated alkanes) is 38. The van der Waals surface area contributed by atoms with Crippen molar-refractivity contribution >= 4 is 44.6 Å². The van der Waals surface area contributed by atoms with Crippen molar-refractivity contribution in [3.05, 3.63) is 97.2 Å². The molecule has 0 aromatic rings. The summed E-state index contributed by atoms with van der Waals surface area (Å²) in [5.41, 5.74) is 0. The van der Waals surface area contributed by atoms with Crippen LogP contribution in [0.15, 0.2) is 97.2 Å². The van der Waals surface area contributed by atoms with Crippen LogP contribution in [0, 0.1) is 0 Å². The Morgan fingerprint density at radius 2 is 0.430 bits per heavy atom. The summed E-state index contributed by atoms with van der Waals surface area (Å²) in [6, 6.07) is 0. The van der Waals surface area contributed by atoms with Gasteiger partial charge in [-0.2, -0.15) is 0 Å². The molecule has 0 spiro atoms. The predicted octanol–water partition coefficient (Wildman–Crippen LogP) is 32.7. The van der Waals surface area contributed by atoms with Crippen molar-refractivity contribution in [3.8, 4) is 0 Å². The van der Waals surface area contributed by atoms with Gasteiger partial charge in [0.15, 0.2) is 0 Å². The first-order valence-corrected chi connectivity index (χ1v) is 46.5. The van der Waals surface area contributed by atoms with Gasteiger partial charge in [-0.1, -0.05) is 391 Å². The second-order valence-corrected chi connectivity index (χ2v) is 30.6. The fourth-order valence-electron chi connectivity index (χ4n) is 12.5. The van der Waals surface area contributed by atoms with Crippen molar-refractivity contribution in [1.82, 2.24) is 0 Å². The number of hydrogen-bond donors (Lipinski definition) is 1. The van der Waals surface area contributed by atoms with Crippen LogP contribution in [-0.2, 0) is 33.1 Å². The lowest BCUT2D eigenvalue weighted by Crippen LogP contribution is -2.29. The molecule has 11 heteroatoms. The average molecular weight is 1490 g/mol. The molecule has 0 rings (SSSR count).